The molecule has 3 nitrogen and oxygen atoms in total. The van der Waals surface area contributed by atoms with Crippen LogP contribution in [0.1, 0.15) is 54.9 Å². The summed E-state index contributed by atoms with van der Waals surface area (Å²) in [7, 11) is 0. The summed E-state index contributed by atoms with van der Waals surface area (Å²) in [6, 6.07) is 6.51. The Morgan fingerprint density at radius 3 is 2.57 bits per heavy atom. The van der Waals surface area contributed by atoms with Crippen LogP contribution in [0, 0.1) is 6.92 Å². The number of nitrogens with two attached hydrogens (primary N) is 1. The summed E-state index contributed by atoms with van der Waals surface area (Å²) in [5, 5.41) is 0. The van der Waals surface area contributed by atoms with E-state index in [1.54, 1.807) is 0 Å². The first-order chi connectivity index (χ1) is 10.0. The molecule has 0 bridgehead atoms. The van der Waals surface area contributed by atoms with Crippen LogP contribution in [-0.4, -0.2) is 29.4 Å². The Kier molecular flexibility index (Phi) is 5.82. The van der Waals surface area contributed by atoms with E-state index in [1.165, 1.54) is 0 Å². The molecule has 0 spiro atoms. The van der Waals surface area contributed by atoms with Gasteiger partial charge in [0.2, 0.25) is 0 Å². The number of hydrogen-bond donors (Lipinski definition) is 1. The van der Waals surface area contributed by atoms with Crippen molar-refractivity contribution in [3.63, 3.8) is 0 Å². The number of rotatable bonds is 4. The topological polar surface area (TPSA) is 46.3 Å². The van der Waals surface area contributed by atoms with Crippen molar-refractivity contribution in [1.82, 2.24) is 4.90 Å². The molecule has 1 aromatic carbocycles. The van der Waals surface area contributed by atoms with Crippen LogP contribution in [0.5, 0.6) is 0 Å². The molecule has 1 aliphatic carbocycles. The summed E-state index contributed by atoms with van der Waals surface area (Å²) in [5.41, 5.74) is 7.88. The minimum atomic E-state index is 0.160. The number of benzene rings is 1. The van der Waals surface area contributed by atoms with E-state index < -0.39 is 0 Å². The van der Waals surface area contributed by atoms with Gasteiger partial charge in [0.15, 0.2) is 0 Å². The van der Waals surface area contributed by atoms with E-state index in [4.69, 9.17) is 5.73 Å². The quantitative estimate of drug-likeness (QED) is 0.893. The molecule has 21 heavy (non-hydrogen) atoms. The normalized spacial score (nSPS) is 22.1. The van der Waals surface area contributed by atoms with Crippen molar-refractivity contribution in [1.29, 1.82) is 0 Å². The Bertz CT molecular complexity index is 496. The third-order valence-corrected chi connectivity index (χ3v) is 5.20. The smallest absolute Gasteiger partial charge is 0.254 e. The van der Waals surface area contributed by atoms with E-state index in [2.05, 4.69) is 27.8 Å². The van der Waals surface area contributed by atoms with Gasteiger partial charge in [0.25, 0.3) is 5.91 Å². The molecule has 0 unspecified atom stereocenters. The van der Waals surface area contributed by atoms with Crippen LogP contribution in [0.4, 0.5) is 0 Å². The first-order valence-electron chi connectivity index (χ1n) is 7.85. The Morgan fingerprint density at radius 1 is 1.33 bits per heavy atom. The molecule has 1 amide bonds. The Labute approximate surface area is 136 Å². The molecule has 0 radical (unpaired) electrons. The van der Waals surface area contributed by atoms with Crippen molar-refractivity contribution in [2.75, 3.05) is 6.54 Å². The molecule has 0 heterocycles. The highest BCUT2D eigenvalue weighted by atomic mass is 79.9. The monoisotopic (exact) mass is 352 g/mol. The van der Waals surface area contributed by atoms with Crippen molar-refractivity contribution < 1.29 is 4.79 Å². The predicted molar refractivity (Wildman–Crippen MR) is 90.4 cm³/mol. The molecule has 1 aromatic rings. The average Bonchev–Trinajstić information content (AvgIpc) is 2.48. The Morgan fingerprint density at radius 2 is 2.00 bits per heavy atom. The van der Waals surface area contributed by atoms with Gasteiger partial charge in [-0.05, 0) is 62.8 Å². The number of hydrogen-bond acceptors (Lipinski definition) is 2. The minimum Gasteiger partial charge on any atom is -0.336 e. The van der Waals surface area contributed by atoms with E-state index in [1.807, 2.05) is 25.1 Å². The van der Waals surface area contributed by atoms with Crippen molar-refractivity contribution in [3.8, 4) is 0 Å². The third kappa shape index (κ3) is 4.07. The summed E-state index contributed by atoms with van der Waals surface area (Å²) in [6.45, 7) is 4.97. The zero-order chi connectivity index (χ0) is 15.4. The summed E-state index contributed by atoms with van der Waals surface area (Å²) in [4.78, 5) is 14.9. The Balaban J connectivity index is 2.16. The molecule has 1 aliphatic rings. The van der Waals surface area contributed by atoms with E-state index in [0.29, 0.717) is 12.1 Å². The molecule has 1 fully saturated rings. The molecule has 0 aliphatic heterocycles. The van der Waals surface area contributed by atoms with E-state index in [0.717, 1.165) is 54.2 Å². The fourth-order valence-corrected chi connectivity index (χ4v) is 3.29. The number of amides is 1. The first kappa shape index (κ1) is 16.5. The summed E-state index contributed by atoms with van der Waals surface area (Å²) < 4.78 is 1.05. The largest absolute Gasteiger partial charge is 0.336 e. The van der Waals surface area contributed by atoms with Gasteiger partial charge in [-0.15, -0.1) is 0 Å². The van der Waals surface area contributed by atoms with Gasteiger partial charge in [-0.3, -0.25) is 4.79 Å². The van der Waals surface area contributed by atoms with Crippen LogP contribution in [0.3, 0.4) is 0 Å². The average molecular weight is 353 g/mol. The number of aryl methyl sites for hydroxylation is 1. The second-order valence-corrected chi connectivity index (χ2v) is 6.89. The van der Waals surface area contributed by atoms with Crippen molar-refractivity contribution >= 4 is 21.8 Å². The number of halogens is 1. The second-order valence-electron chi connectivity index (χ2n) is 6.03. The van der Waals surface area contributed by atoms with Gasteiger partial charge in [0.05, 0.1) is 0 Å². The zero-order valence-corrected chi connectivity index (χ0v) is 14.5. The van der Waals surface area contributed by atoms with Crippen molar-refractivity contribution in [3.05, 3.63) is 33.8 Å². The molecule has 1 saturated carbocycles. The van der Waals surface area contributed by atoms with Gasteiger partial charge >= 0.3 is 0 Å². The molecule has 116 valence electrons. The third-order valence-electron chi connectivity index (χ3n) is 4.31. The van der Waals surface area contributed by atoms with Crippen molar-refractivity contribution in [2.45, 2.75) is 58.0 Å². The zero-order valence-electron chi connectivity index (χ0n) is 12.9. The fourth-order valence-electron chi connectivity index (χ4n) is 3.05. The molecule has 2 N–H and O–H groups in total. The number of carbonyl (C=O) groups is 1. The predicted octanol–water partition coefficient (Wildman–Crippen LogP) is 3.88. The highest BCUT2D eigenvalue weighted by molar-refractivity contribution is 9.10. The molecular formula is C17H25BrN2O. The van der Waals surface area contributed by atoms with Gasteiger partial charge in [-0.2, -0.15) is 0 Å². The highest BCUT2D eigenvalue weighted by Crippen LogP contribution is 2.25. The molecular weight excluding hydrogens is 328 g/mol. The molecule has 0 aromatic heterocycles. The number of carbonyl (C=O) groups excluding carboxylic acids is 1. The summed E-state index contributed by atoms with van der Waals surface area (Å²) in [6.07, 6.45) is 5.10. The SMILES string of the molecule is CCCN(C(=O)c1ccc(Br)c(C)c1)C1CCC(N)CC1. The van der Waals surface area contributed by atoms with E-state index in [9.17, 15) is 4.79 Å². The van der Waals surface area contributed by atoms with E-state index >= 15 is 0 Å². The lowest BCUT2D eigenvalue weighted by Gasteiger charge is -2.36. The summed E-state index contributed by atoms with van der Waals surface area (Å²) in [5.74, 6) is 0.160. The minimum absolute atomic E-state index is 0.160. The van der Waals surface area contributed by atoms with Crippen LogP contribution in [-0.2, 0) is 0 Å². The maximum atomic E-state index is 12.9. The van der Waals surface area contributed by atoms with Crippen LogP contribution >= 0.6 is 15.9 Å². The second kappa shape index (κ2) is 7.41. The number of nitrogens with zero attached hydrogens (tertiary/aromatic N) is 1. The molecule has 0 saturated heterocycles. The van der Waals surface area contributed by atoms with Crippen molar-refractivity contribution in [2.24, 2.45) is 5.73 Å². The van der Waals surface area contributed by atoms with Gasteiger partial charge in [-0.25, -0.2) is 0 Å². The van der Waals surface area contributed by atoms with Crippen LogP contribution in [0.2, 0.25) is 0 Å². The van der Waals surface area contributed by atoms with Gasteiger partial charge in [-0.1, -0.05) is 22.9 Å². The van der Waals surface area contributed by atoms with Gasteiger partial charge in [0.1, 0.15) is 0 Å². The fraction of sp³-hybridized carbons (Fsp3) is 0.588. The maximum Gasteiger partial charge on any atom is 0.254 e. The lowest BCUT2D eigenvalue weighted by Crippen LogP contribution is -2.44. The van der Waals surface area contributed by atoms with Gasteiger partial charge in [0, 0.05) is 28.7 Å². The highest BCUT2D eigenvalue weighted by Gasteiger charge is 2.27. The summed E-state index contributed by atoms with van der Waals surface area (Å²) >= 11 is 3.49. The lowest BCUT2D eigenvalue weighted by atomic mass is 9.90. The standard InChI is InChI=1S/C17H25BrN2O/c1-3-10-20(15-7-5-14(19)6-8-15)17(21)13-4-9-16(18)12(2)11-13/h4,9,11,14-15H,3,5-8,10,19H2,1-2H3. The van der Waals surface area contributed by atoms with Crippen LogP contribution < -0.4 is 5.73 Å². The molecule has 0 atom stereocenters. The van der Waals surface area contributed by atoms with Crippen LogP contribution in [0.25, 0.3) is 0 Å². The lowest BCUT2D eigenvalue weighted by molar-refractivity contribution is 0.0626. The first-order valence-corrected chi connectivity index (χ1v) is 8.65. The molecule has 4 heteroatoms. The maximum absolute atomic E-state index is 12.9. The molecule has 2 rings (SSSR count). The van der Waals surface area contributed by atoms with Crippen LogP contribution in [0.15, 0.2) is 22.7 Å². The van der Waals surface area contributed by atoms with E-state index in [-0.39, 0.29) is 5.91 Å². The van der Waals surface area contributed by atoms with Gasteiger partial charge < -0.3 is 10.6 Å². The Hall–Kier alpha value is -0.870.